The first-order valence-electron chi connectivity index (χ1n) is 9.69. The number of hydrogen-bond acceptors (Lipinski definition) is 8. The average molecular weight is 378 g/mol. The number of amides is 1. The fourth-order valence-corrected chi connectivity index (χ4v) is 3.18. The van der Waals surface area contributed by atoms with Crippen molar-refractivity contribution in [1.29, 1.82) is 0 Å². The van der Waals surface area contributed by atoms with E-state index in [0.29, 0.717) is 23.9 Å². The van der Waals surface area contributed by atoms with Crippen LogP contribution in [-0.4, -0.2) is 104 Å². The van der Waals surface area contributed by atoms with Crippen molar-refractivity contribution in [1.82, 2.24) is 25.1 Å². The van der Waals surface area contributed by atoms with Gasteiger partial charge >= 0.3 is 0 Å². The van der Waals surface area contributed by atoms with Crippen LogP contribution in [0.4, 0.5) is 5.82 Å². The van der Waals surface area contributed by atoms with Crippen molar-refractivity contribution < 1.29 is 14.3 Å². The molecule has 0 atom stereocenters. The topological polar surface area (TPSA) is 91.8 Å². The number of anilines is 1. The molecule has 9 heteroatoms. The molecule has 27 heavy (non-hydrogen) atoms. The van der Waals surface area contributed by atoms with E-state index in [-0.39, 0.29) is 5.91 Å². The van der Waals surface area contributed by atoms with E-state index in [1.807, 2.05) is 0 Å². The molecule has 2 aliphatic heterocycles. The van der Waals surface area contributed by atoms with Crippen LogP contribution in [0.15, 0.2) is 6.07 Å². The molecular weight excluding hydrogens is 348 g/mol. The molecular formula is C18H30N6O3. The lowest BCUT2D eigenvalue weighted by atomic mass is 10.3. The maximum absolute atomic E-state index is 12.4. The van der Waals surface area contributed by atoms with Crippen LogP contribution in [-0.2, 0) is 9.47 Å². The third-order valence-corrected chi connectivity index (χ3v) is 4.73. The van der Waals surface area contributed by atoms with E-state index in [9.17, 15) is 4.79 Å². The van der Waals surface area contributed by atoms with E-state index in [2.05, 4.69) is 30.4 Å². The SMILES string of the molecule is Cc1nc(NCCN2CCOCC2)cc(C(=O)NCCN2CCOCC2)n1. The zero-order valence-electron chi connectivity index (χ0n) is 16.1. The van der Waals surface area contributed by atoms with Gasteiger partial charge in [0.15, 0.2) is 0 Å². The summed E-state index contributed by atoms with van der Waals surface area (Å²) in [5, 5.41) is 6.25. The minimum Gasteiger partial charge on any atom is -0.379 e. The number of nitrogens with zero attached hydrogens (tertiary/aromatic N) is 4. The van der Waals surface area contributed by atoms with Gasteiger partial charge in [-0.05, 0) is 6.92 Å². The van der Waals surface area contributed by atoms with Crippen molar-refractivity contribution in [2.24, 2.45) is 0 Å². The molecule has 0 aliphatic carbocycles. The fraction of sp³-hybridized carbons (Fsp3) is 0.722. The molecule has 2 fully saturated rings. The first kappa shape index (κ1) is 19.9. The third-order valence-electron chi connectivity index (χ3n) is 4.73. The standard InChI is InChI=1S/C18H30N6O3/c1-15-21-16(18(25)20-3-5-24-8-12-27-13-9-24)14-17(22-15)19-2-4-23-6-10-26-11-7-23/h14H,2-13H2,1H3,(H,20,25)(H,19,21,22). The number of ether oxygens (including phenoxy) is 2. The highest BCUT2D eigenvalue weighted by molar-refractivity contribution is 5.92. The van der Waals surface area contributed by atoms with Crippen molar-refractivity contribution in [2.75, 3.05) is 84.1 Å². The second-order valence-corrected chi connectivity index (χ2v) is 6.78. The molecule has 3 heterocycles. The molecule has 0 aromatic carbocycles. The Morgan fingerprint density at radius 3 is 2.22 bits per heavy atom. The Morgan fingerprint density at radius 1 is 1.00 bits per heavy atom. The van der Waals surface area contributed by atoms with E-state index >= 15 is 0 Å². The Labute approximate surface area is 160 Å². The van der Waals surface area contributed by atoms with Gasteiger partial charge in [-0.25, -0.2) is 9.97 Å². The summed E-state index contributed by atoms with van der Waals surface area (Å²) in [4.78, 5) is 25.7. The minimum absolute atomic E-state index is 0.162. The normalized spacial score (nSPS) is 19.0. The van der Waals surface area contributed by atoms with Crippen LogP contribution < -0.4 is 10.6 Å². The van der Waals surface area contributed by atoms with E-state index in [1.165, 1.54) is 0 Å². The van der Waals surface area contributed by atoms with Gasteiger partial charge in [-0.1, -0.05) is 0 Å². The van der Waals surface area contributed by atoms with Gasteiger partial charge in [-0.15, -0.1) is 0 Å². The highest BCUT2D eigenvalue weighted by atomic mass is 16.5. The molecule has 1 aromatic rings. The predicted octanol–water partition coefficient (Wildman–Crippen LogP) is -0.409. The number of carbonyl (C=O) groups is 1. The summed E-state index contributed by atoms with van der Waals surface area (Å²) in [5.74, 6) is 1.11. The van der Waals surface area contributed by atoms with Gasteiger partial charge < -0.3 is 20.1 Å². The summed E-state index contributed by atoms with van der Waals surface area (Å²) in [7, 11) is 0. The molecule has 1 amide bonds. The van der Waals surface area contributed by atoms with Crippen molar-refractivity contribution in [2.45, 2.75) is 6.92 Å². The third kappa shape index (κ3) is 6.69. The van der Waals surface area contributed by atoms with Crippen molar-refractivity contribution in [3.8, 4) is 0 Å². The Balaban J connectivity index is 1.44. The second kappa shape index (κ2) is 10.5. The zero-order chi connectivity index (χ0) is 18.9. The molecule has 9 nitrogen and oxygen atoms in total. The van der Waals surface area contributed by atoms with Crippen LogP contribution in [0, 0.1) is 6.92 Å². The number of hydrogen-bond donors (Lipinski definition) is 2. The molecule has 0 spiro atoms. The van der Waals surface area contributed by atoms with Gasteiger partial charge in [0.25, 0.3) is 5.91 Å². The number of aromatic nitrogens is 2. The number of carbonyl (C=O) groups excluding carboxylic acids is 1. The summed E-state index contributed by atoms with van der Waals surface area (Å²) in [6.45, 7) is 11.8. The first-order chi connectivity index (χ1) is 13.2. The number of aryl methyl sites for hydroxylation is 1. The summed E-state index contributed by atoms with van der Waals surface area (Å²) in [6.07, 6.45) is 0. The smallest absolute Gasteiger partial charge is 0.270 e. The Kier molecular flexibility index (Phi) is 7.76. The largest absolute Gasteiger partial charge is 0.379 e. The van der Waals surface area contributed by atoms with Gasteiger partial charge in [0.2, 0.25) is 0 Å². The maximum Gasteiger partial charge on any atom is 0.270 e. The highest BCUT2D eigenvalue weighted by Gasteiger charge is 2.14. The Bertz CT molecular complexity index is 603. The van der Waals surface area contributed by atoms with Crippen LogP contribution in [0.3, 0.4) is 0 Å². The molecule has 1 aromatic heterocycles. The lowest BCUT2D eigenvalue weighted by molar-refractivity contribution is 0.0383. The van der Waals surface area contributed by atoms with Crippen LogP contribution in [0.1, 0.15) is 16.3 Å². The predicted molar refractivity (Wildman–Crippen MR) is 102 cm³/mol. The van der Waals surface area contributed by atoms with Gasteiger partial charge in [0.05, 0.1) is 26.4 Å². The molecule has 0 bridgehead atoms. The molecule has 0 unspecified atom stereocenters. The second-order valence-electron chi connectivity index (χ2n) is 6.78. The van der Waals surface area contributed by atoms with Gasteiger partial charge in [0, 0.05) is 58.4 Å². The Morgan fingerprint density at radius 2 is 1.59 bits per heavy atom. The zero-order valence-corrected chi connectivity index (χ0v) is 16.1. The summed E-state index contributed by atoms with van der Waals surface area (Å²) < 4.78 is 10.7. The lowest BCUT2D eigenvalue weighted by Crippen LogP contribution is -2.41. The van der Waals surface area contributed by atoms with Crippen molar-refractivity contribution in [3.63, 3.8) is 0 Å². The molecule has 2 saturated heterocycles. The number of rotatable bonds is 8. The fourth-order valence-electron chi connectivity index (χ4n) is 3.18. The summed E-state index contributed by atoms with van der Waals surface area (Å²) in [5.41, 5.74) is 0.401. The molecule has 0 radical (unpaired) electrons. The van der Waals surface area contributed by atoms with E-state index in [4.69, 9.17) is 9.47 Å². The summed E-state index contributed by atoms with van der Waals surface area (Å²) >= 11 is 0. The van der Waals surface area contributed by atoms with E-state index < -0.39 is 0 Å². The van der Waals surface area contributed by atoms with Crippen LogP contribution in [0.25, 0.3) is 0 Å². The molecule has 2 aliphatic rings. The molecule has 2 N–H and O–H groups in total. The summed E-state index contributed by atoms with van der Waals surface area (Å²) in [6, 6.07) is 1.72. The monoisotopic (exact) mass is 378 g/mol. The molecule has 0 saturated carbocycles. The quantitative estimate of drug-likeness (QED) is 0.631. The maximum atomic E-state index is 12.4. The van der Waals surface area contributed by atoms with Crippen LogP contribution >= 0.6 is 0 Å². The van der Waals surface area contributed by atoms with Crippen molar-refractivity contribution >= 4 is 11.7 Å². The van der Waals surface area contributed by atoms with E-state index in [0.717, 1.165) is 72.2 Å². The lowest BCUT2D eigenvalue weighted by Gasteiger charge is -2.26. The van der Waals surface area contributed by atoms with Gasteiger partial charge in [-0.3, -0.25) is 14.6 Å². The van der Waals surface area contributed by atoms with Crippen LogP contribution in [0.5, 0.6) is 0 Å². The number of nitrogens with one attached hydrogen (secondary N) is 2. The van der Waals surface area contributed by atoms with Crippen LogP contribution in [0.2, 0.25) is 0 Å². The van der Waals surface area contributed by atoms with Gasteiger partial charge in [-0.2, -0.15) is 0 Å². The van der Waals surface area contributed by atoms with Crippen molar-refractivity contribution in [3.05, 3.63) is 17.6 Å². The van der Waals surface area contributed by atoms with Gasteiger partial charge in [0.1, 0.15) is 17.3 Å². The van der Waals surface area contributed by atoms with E-state index in [1.54, 1.807) is 13.0 Å². The molecule has 150 valence electrons. The first-order valence-corrected chi connectivity index (χ1v) is 9.69. The minimum atomic E-state index is -0.162. The highest BCUT2D eigenvalue weighted by Crippen LogP contribution is 2.07. The number of morpholine rings is 2. The average Bonchev–Trinajstić information content (AvgIpc) is 2.69. The Hall–Kier alpha value is -1.81. The molecule has 3 rings (SSSR count).